The first-order valence-electron chi connectivity index (χ1n) is 7.46. The molecule has 4 aromatic rings. The van der Waals surface area contributed by atoms with Crippen molar-refractivity contribution in [2.45, 2.75) is 6.54 Å². The van der Waals surface area contributed by atoms with Gasteiger partial charge in [0.25, 0.3) is 0 Å². The minimum atomic E-state index is 0.774. The van der Waals surface area contributed by atoms with Crippen molar-refractivity contribution in [3.05, 3.63) is 71.9 Å². The van der Waals surface area contributed by atoms with Crippen molar-refractivity contribution in [1.82, 2.24) is 9.55 Å². The van der Waals surface area contributed by atoms with Crippen molar-refractivity contribution in [3.63, 3.8) is 0 Å². The van der Waals surface area contributed by atoms with Crippen LogP contribution in [0, 0.1) is 0 Å². The number of fused-ring (bicyclic) bond motifs is 1. The van der Waals surface area contributed by atoms with Crippen LogP contribution in [0.5, 0.6) is 5.75 Å². The Balaban J connectivity index is 1.81. The van der Waals surface area contributed by atoms with E-state index in [1.807, 2.05) is 24.4 Å². The first-order chi connectivity index (χ1) is 11.3. The highest BCUT2D eigenvalue weighted by Gasteiger charge is 2.12. The molecule has 3 heterocycles. The van der Waals surface area contributed by atoms with Gasteiger partial charge in [0.15, 0.2) is 0 Å². The fourth-order valence-corrected chi connectivity index (χ4v) is 3.59. The van der Waals surface area contributed by atoms with Crippen LogP contribution < -0.4 is 4.74 Å². The number of thiophene rings is 1. The smallest absolute Gasteiger partial charge is 0.140 e. The zero-order chi connectivity index (χ0) is 15.6. The molecule has 0 unspecified atom stereocenters. The Morgan fingerprint density at radius 3 is 2.91 bits per heavy atom. The van der Waals surface area contributed by atoms with Crippen LogP contribution >= 0.6 is 11.3 Å². The summed E-state index contributed by atoms with van der Waals surface area (Å²) in [6.45, 7) is 0.774. The van der Waals surface area contributed by atoms with E-state index in [9.17, 15) is 0 Å². The average Bonchev–Trinajstić information content (AvgIpc) is 3.23. The van der Waals surface area contributed by atoms with E-state index in [-0.39, 0.29) is 0 Å². The maximum absolute atomic E-state index is 5.32. The van der Waals surface area contributed by atoms with E-state index in [1.165, 1.54) is 21.4 Å². The molecule has 3 aromatic heterocycles. The summed E-state index contributed by atoms with van der Waals surface area (Å²) in [4.78, 5) is 5.86. The fourth-order valence-electron chi connectivity index (χ4n) is 2.84. The van der Waals surface area contributed by atoms with Crippen LogP contribution in [0.4, 0.5) is 0 Å². The molecule has 0 spiro atoms. The summed E-state index contributed by atoms with van der Waals surface area (Å²) >= 11 is 1.76. The topological polar surface area (TPSA) is 27.1 Å². The standard InChI is InChI=1S/C19H16N2OS/c1-22-15-6-2-5-14(11-15)12-21-13-17(18-8-4-10-23-18)16-7-3-9-20-19(16)21/h2-11,13H,12H2,1H3. The third kappa shape index (κ3) is 2.62. The Kier molecular flexibility index (Phi) is 3.60. The summed E-state index contributed by atoms with van der Waals surface area (Å²) in [6, 6.07) is 16.5. The zero-order valence-corrected chi connectivity index (χ0v) is 13.6. The minimum Gasteiger partial charge on any atom is -0.497 e. The van der Waals surface area contributed by atoms with Gasteiger partial charge in [-0.3, -0.25) is 0 Å². The zero-order valence-electron chi connectivity index (χ0n) is 12.8. The molecule has 0 saturated heterocycles. The monoisotopic (exact) mass is 320 g/mol. The molecular formula is C19H16N2OS. The molecule has 0 N–H and O–H groups in total. The number of pyridine rings is 1. The van der Waals surface area contributed by atoms with Gasteiger partial charge in [0, 0.05) is 34.8 Å². The van der Waals surface area contributed by atoms with Gasteiger partial charge >= 0.3 is 0 Å². The Hall–Kier alpha value is -2.59. The highest BCUT2D eigenvalue weighted by molar-refractivity contribution is 7.13. The van der Waals surface area contributed by atoms with Gasteiger partial charge in [-0.25, -0.2) is 4.98 Å². The molecule has 0 radical (unpaired) electrons. The van der Waals surface area contributed by atoms with Gasteiger partial charge in [-0.2, -0.15) is 0 Å². The molecule has 0 atom stereocenters. The van der Waals surface area contributed by atoms with Crippen molar-refractivity contribution >= 4 is 22.4 Å². The van der Waals surface area contributed by atoms with Gasteiger partial charge in [0.1, 0.15) is 11.4 Å². The van der Waals surface area contributed by atoms with E-state index in [4.69, 9.17) is 4.74 Å². The summed E-state index contributed by atoms with van der Waals surface area (Å²) in [5.74, 6) is 0.880. The number of hydrogen-bond donors (Lipinski definition) is 0. The van der Waals surface area contributed by atoms with Crippen molar-refractivity contribution in [1.29, 1.82) is 0 Å². The van der Waals surface area contributed by atoms with Crippen LogP contribution in [0.3, 0.4) is 0 Å². The van der Waals surface area contributed by atoms with Gasteiger partial charge in [0.05, 0.1) is 7.11 Å². The molecule has 4 heteroatoms. The SMILES string of the molecule is COc1cccc(Cn2cc(-c3cccs3)c3cccnc32)c1. The summed E-state index contributed by atoms with van der Waals surface area (Å²) in [6.07, 6.45) is 4.05. The van der Waals surface area contributed by atoms with Crippen LogP contribution in [-0.4, -0.2) is 16.7 Å². The average molecular weight is 320 g/mol. The lowest BCUT2D eigenvalue weighted by atomic mass is 10.2. The van der Waals surface area contributed by atoms with Gasteiger partial charge in [-0.1, -0.05) is 18.2 Å². The minimum absolute atomic E-state index is 0.774. The fraction of sp³-hybridized carbons (Fsp3) is 0.105. The largest absolute Gasteiger partial charge is 0.497 e. The molecule has 114 valence electrons. The first kappa shape index (κ1) is 14.0. The van der Waals surface area contributed by atoms with Crippen LogP contribution in [0.2, 0.25) is 0 Å². The maximum Gasteiger partial charge on any atom is 0.140 e. The highest BCUT2D eigenvalue weighted by Crippen LogP contribution is 2.33. The molecule has 0 amide bonds. The Bertz CT molecular complexity index is 941. The van der Waals surface area contributed by atoms with E-state index in [0.717, 1.165) is 17.9 Å². The Morgan fingerprint density at radius 1 is 1.13 bits per heavy atom. The normalized spacial score (nSPS) is 11.0. The third-order valence-electron chi connectivity index (χ3n) is 3.91. The summed E-state index contributed by atoms with van der Waals surface area (Å²) in [7, 11) is 1.70. The molecule has 3 nitrogen and oxygen atoms in total. The first-order valence-corrected chi connectivity index (χ1v) is 8.34. The lowest BCUT2D eigenvalue weighted by Crippen LogP contribution is -1.99. The highest BCUT2D eigenvalue weighted by atomic mass is 32.1. The Labute approximate surface area is 138 Å². The summed E-state index contributed by atoms with van der Waals surface area (Å²) in [5, 5.41) is 3.30. The number of benzene rings is 1. The van der Waals surface area contributed by atoms with Crippen LogP contribution in [0.15, 0.2) is 66.3 Å². The van der Waals surface area contributed by atoms with Crippen molar-refractivity contribution in [2.75, 3.05) is 7.11 Å². The van der Waals surface area contributed by atoms with Gasteiger partial charge in [0.2, 0.25) is 0 Å². The number of methoxy groups -OCH3 is 1. The molecule has 1 aromatic carbocycles. The molecule has 0 aliphatic heterocycles. The third-order valence-corrected chi connectivity index (χ3v) is 4.81. The van der Waals surface area contributed by atoms with E-state index in [0.29, 0.717) is 0 Å². The maximum atomic E-state index is 5.32. The molecule has 0 bridgehead atoms. The quantitative estimate of drug-likeness (QED) is 0.539. The van der Waals surface area contributed by atoms with Crippen LogP contribution in [0.1, 0.15) is 5.56 Å². The number of nitrogens with zero attached hydrogens (tertiary/aromatic N) is 2. The summed E-state index contributed by atoms with van der Waals surface area (Å²) < 4.78 is 7.53. The van der Waals surface area contributed by atoms with E-state index >= 15 is 0 Å². The van der Waals surface area contributed by atoms with E-state index in [1.54, 1.807) is 18.4 Å². The van der Waals surface area contributed by atoms with Crippen molar-refractivity contribution < 1.29 is 4.74 Å². The molecule has 4 rings (SSSR count). The number of ether oxygens (including phenoxy) is 1. The lowest BCUT2D eigenvalue weighted by molar-refractivity contribution is 0.414. The van der Waals surface area contributed by atoms with Crippen molar-refractivity contribution in [2.24, 2.45) is 0 Å². The molecule has 23 heavy (non-hydrogen) atoms. The van der Waals surface area contributed by atoms with E-state index in [2.05, 4.69) is 51.5 Å². The molecule has 0 aliphatic rings. The number of hydrogen-bond acceptors (Lipinski definition) is 3. The Morgan fingerprint density at radius 2 is 2.09 bits per heavy atom. The summed E-state index contributed by atoms with van der Waals surface area (Å²) in [5.41, 5.74) is 3.45. The lowest BCUT2D eigenvalue weighted by Gasteiger charge is -2.06. The van der Waals surface area contributed by atoms with Crippen LogP contribution in [0.25, 0.3) is 21.5 Å². The second kappa shape index (κ2) is 5.89. The second-order valence-corrected chi connectivity index (χ2v) is 6.32. The number of aromatic nitrogens is 2. The second-order valence-electron chi connectivity index (χ2n) is 5.37. The molecular weight excluding hydrogens is 304 g/mol. The number of rotatable bonds is 4. The molecule has 0 fully saturated rings. The predicted molar refractivity (Wildman–Crippen MR) is 95.1 cm³/mol. The van der Waals surface area contributed by atoms with Gasteiger partial charge < -0.3 is 9.30 Å². The van der Waals surface area contributed by atoms with Gasteiger partial charge in [-0.05, 0) is 41.3 Å². The van der Waals surface area contributed by atoms with Crippen LogP contribution in [-0.2, 0) is 6.54 Å². The predicted octanol–water partition coefficient (Wildman–Crippen LogP) is 4.82. The van der Waals surface area contributed by atoms with Crippen molar-refractivity contribution in [3.8, 4) is 16.2 Å². The van der Waals surface area contributed by atoms with E-state index < -0.39 is 0 Å². The van der Waals surface area contributed by atoms with Gasteiger partial charge in [-0.15, -0.1) is 11.3 Å². The molecule has 0 aliphatic carbocycles. The molecule has 0 saturated carbocycles.